The van der Waals surface area contributed by atoms with Crippen molar-refractivity contribution in [3.8, 4) is 0 Å². The molecule has 6 heteroatoms. The number of allylic oxidation sites excluding steroid dienone is 3. The Labute approximate surface area is 507 Å². The molecule has 0 radical (unpaired) electrons. The molecule has 3 N–H and O–H groups in total. The van der Waals surface area contributed by atoms with E-state index in [1.165, 1.54) is 347 Å². The maximum atomic E-state index is 12.5. The van der Waals surface area contributed by atoms with E-state index < -0.39 is 12.1 Å². The zero-order chi connectivity index (χ0) is 58.5. The molecule has 480 valence electrons. The number of esters is 1. The Balaban J connectivity index is 3.37. The third-order valence-corrected chi connectivity index (χ3v) is 17.5. The molecule has 2 atom stereocenters. The summed E-state index contributed by atoms with van der Waals surface area (Å²) in [6.45, 7) is 4.91. The molecule has 0 aliphatic heterocycles. The van der Waals surface area contributed by atoms with Crippen LogP contribution in [0.5, 0.6) is 0 Å². The monoisotopic (exact) mass is 1140 g/mol. The Hall–Kier alpha value is -1.66. The smallest absolute Gasteiger partial charge is 0.305 e. The van der Waals surface area contributed by atoms with Crippen LogP contribution in [0, 0.1) is 0 Å². The van der Waals surface area contributed by atoms with Crippen LogP contribution >= 0.6 is 0 Å². The second-order valence-corrected chi connectivity index (χ2v) is 25.6. The van der Waals surface area contributed by atoms with Crippen molar-refractivity contribution < 1.29 is 24.5 Å². The van der Waals surface area contributed by atoms with Crippen molar-refractivity contribution in [3.05, 3.63) is 24.3 Å². The van der Waals surface area contributed by atoms with Crippen molar-refractivity contribution in [3.63, 3.8) is 0 Å². The summed E-state index contributed by atoms with van der Waals surface area (Å²) in [6, 6.07) is -0.626. The van der Waals surface area contributed by atoms with Gasteiger partial charge in [-0.1, -0.05) is 378 Å². The molecule has 0 heterocycles. The van der Waals surface area contributed by atoms with E-state index in [9.17, 15) is 19.8 Å². The van der Waals surface area contributed by atoms with Gasteiger partial charge < -0.3 is 20.3 Å². The molecule has 2 unspecified atom stereocenters. The third kappa shape index (κ3) is 67.3. The van der Waals surface area contributed by atoms with Crippen molar-refractivity contribution in [1.82, 2.24) is 5.32 Å². The van der Waals surface area contributed by atoms with Crippen molar-refractivity contribution in [2.24, 2.45) is 0 Å². The van der Waals surface area contributed by atoms with Crippen molar-refractivity contribution in [2.75, 3.05) is 13.2 Å². The molecular formula is C75H145NO5. The number of hydrogen-bond acceptors (Lipinski definition) is 5. The summed E-state index contributed by atoms with van der Waals surface area (Å²) in [4.78, 5) is 24.6. The van der Waals surface area contributed by atoms with Gasteiger partial charge in [0.25, 0.3) is 0 Å². The molecule has 6 nitrogen and oxygen atoms in total. The average molecular weight is 1140 g/mol. The van der Waals surface area contributed by atoms with Gasteiger partial charge in [0.2, 0.25) is 5.91 Å². The van der Waals surface area contributed by atoms with Gasteiger partial charge in [0.15, 0.2) is 0 Å². The summed E-state index contributed by atoms with van der Waals surface area (Å²) in [5.74, 6) is -0.0508. The topological polar surface area (TPSA) is 95.9 Å². The Morgan fingerprint density at radius 2 is 0.593 bits per heavy atom. The van der Waals surface area contributed by atoms with Gasteiger partial charge in [-0.3, -0.25) is 9.59 Å². The van der Waals surface area contributed by atoms with Crippen LogP contribution in [-0.2, 0) is 14.3 Å². The van der Waals surface area contributed by atoms with Crippen LogP contribution < -0.4 is 5.32 Å². The first-order valence-electron chi connectivity index (χ1n) is 37.1. The molecule has 1 amide bonds. The zero-order valence-corrected chi connectivity index (χ0v) is 55.0. The quantitative estimate of drug-likeness (QED) is 0.0320. The average Bonchev–Trinajstić information content (AvgIpc) is 3.47. The fourth-order valence-electron chi connectivity index (χ4n) is 11.8. The molecule has 0 fully saturated rings. The van der Waals surface area contributed by atoms with Gasteiger partial charge in [-0.25, -0.2) is 0 Å². The number of rotatable bonds is 70. The molecule has 0 rings (SSSR count). The van der Waals surface area contributed by atoms with Gasteiger partial charge in [0, 0.05) is 12.8 Å². The Morgan fingerprint density at radius 3 is 0.914 bits per heavy atom. The number of aliphatic hydroxyl groups excluding tert-OH is 2. The van der Waals surface area contributed by atoms with E-state index in [4.69, 9.17) is 4.74 Å². The summed E-state index contributed by atoms with van der Waals surface area (Å²) >= 11 is 0. The summed E-state index contributed by atoms with van der Waals surface area (Å²) in [5.41, 5.74) is 0. The van der Waals surface area contributed by atoms with E-state index in [2.05, 4.69) is 31.3 Å². The predicted molar refractivity (Wildman–Crippen MR) is 356 cm³/mol. The van der Waals surface area contributed by atoms with Gasteiger partial charge >= 0.3 is 5.97 Å². The van der Waals surface area contributed by atoms with E-state index in [0.717, 1.165) is 44.9 Å². The second kappa shape index (κ2) is 70.8. The van der Waals surface area contributed by atoms with Crippen LogP contribution in [0.3, 0.4) is 0 Å². The highest BCUT2D eigenvalue weighted by Gasteiger charge is 2.18. The molecule has 0 aliphatic rings. The highest BCUT2D eigenvalue weighted by molar-refractivity contribution is 5.76. The predicted octanol–water partition coefficient (Wildman–Crippen LogP) is 24.1. The van der Waals surface area contributed by atoms with Gasteiger partial charge in [-0.2, -0.15) is 0 Å². The van der Waals surface area contributed by atoms with Crippen LogP contribution in [-0.4, -0.2) is 47.4 Å². The summed E-state index contributed by atoms with van der Waals surface area (Å²) in [5, 5.41) is 23.3. The fraction of sp³-hybridized carbons (Fsp3) is 0.920. The molecule has 0 aromatic heterocycles. The number of carbonyl (C=O) groups is 2. The van der Waals surface area contributed by atoms with E-state index in [1.807, 2.05) is 6.08 Å². The number of ether oxygens (including phenoxy) is 1. The van der Waals surface area contributed by atoms with Crippen molar-refractivity contribution in [2.45, 2.75) is 431 Å². The SMILES string of the molecule is CCCC/C=C\CCCCCCCC(=O)OCCCCCCCCCCCCCCCCCCCCCCCCCCCCCCCC(=O)NC(CO)C(O)/C=C/CCCCCCCCCCCCCCCCCCCCCCCC. The first-order chi connectivity index (χ1) is 40.0. The molecule has 0 spiro atoms. The van der Waals surface area contributed by atoms with Crippen LogP contribution in [0.4, 0.5) is 0 Å². The van der Waals surface area contributed by atoms with E-state index in [1.54, 1.807) is 6.08 Å². The number of unbranched alkanes of at least 4 members (excludes halogenated alkanes) is 57. The van der Waals surface area contributed by atoms with E-state index in [0.29, 0.717) is 19.4 Å². The van der Waals surface area contributed by atoms with Gasteiger partial charge in [-0.05, 0) is 51.4 Å². The van der Waals surface area contributed by atoms with Crippen LogP contribution in [0.25, 0.3) is 0 Å². The van der Waals surface area contributed by atoms with Gasteiger partial charge in [0.05, 0.1) is 25.4 Å². The standard InChI is InChI=1S/C75H145NO5/c1-3-5-7-9-11-13-15-16-17-18-19-20-21-29-32-35-38-41-44-48-51-55-59-63-67-73(78)72(71-77)76-74(79)68-64-60-56-52-49-45-42-39-36-33-30-27-25-23-22-24-26-28-31-34-37-40-43-46-50-54-58-62-66-70-81-75(80)69-65-61-57-53-47-14-12-10-8-6-4-2/h10,12,63,67,72-73,77-78H,3-9,11,13-62,64-66,68-71H2,1-2H3,(H,76,79)/b12-10-,67-63+. The molecule has 0 aliphatic carbocycles. The second-order valence-electron chi connectivity index (χ2n) is 25.6. The molecule has 0 bridgehead atoms. The number of nitrogens with one attached hydrogen (secondary N) is 1. The largest absolute Gasteiger partial charge is 0.466 e. The molecule has 81 heavy (non-hydrogen) atoms. The van der Waals surface area contributed by atoms with E-state index in [-0.39, 0.29) is 18.5 Å². The fourth-order valence-corrected chi connectivity index (χ4v) is 11.8. The summed E-state index contributed by atoms with van der Waals surface area (Å²) in [7, 11) is 0. The minimum atomic E-state index is -0.843. The first kappa shape index (κ1) is 79.3. The lowest BCUT2D eigenvalue weighted by molar-refractivity contribution is -0.143. The molecule has 0 aromatic rings. The number of aliphatic hydroxyl groups is 2. The normalized spacial score (nSPS) is 12.6. The van der Waals surface area contributed by atoms with Crippen LogP contribution in [0.2, 0.25) is 0 Å². The van der Waals surface area contributed by atoms with Gasteiger partial charge in [-0.15, -0.1) is 0 Å². The lowest BCUT2D eigenvalue weighted by Crippen LogP contribution is -2.45. The Bertz CT molecular complexity index is 1270. The maximum Gasteiger partial charge on any atom is 0.305 e. The minimum absolute atomic E-state index is 0.00873. The zero-order valence-electron chi connectivity index (χ0n) is 55.0. The molecule has 0 saturated heterocycles. The molecular weight excluding hydrogens is 995 g/mol. The van der Waals surface area contributed by atoms with Gasteiger partial charge in [0.1, 0.15) is 0 Å². The molecule has 0 aromatic carbocycles. The van der Waals surface area contributed by atoms with Crippen LogP contribution in [0.15, 0.2) is 24.3 Å². The maximum absolute atomic E-state index is 12.5. The van der Waals surface area contributed by atoms with Crippen molar-refractivity contribution in [1.29, 1.82) is 0 Å². The minimum Gasteiger partial charge on any atom is -0.466 e. The number of hydrogen-bond donors (Lipinski definition) is 3. The molecule has 0 saturated carbocycles. The Morgan fingerprint density at radius 1 is 0.333 bits per heavy atom. The number of carbonyl (C=O) groups excluding carboxylic acids is 2. The lowest BCUT2D eigenvalue weighted by Gasteiger charge is -2.20. The third-order valence-electron chi connectivity index (χ3n) is 17.5. The number of amides is 1. The highest BCUT2D eigenvalue weighted by Crippen LogP contribution is 2.19. The van der Waals surface area contributed by atoms with Crippen molar-refractivity contribution >= 4 is 11.9 Å². The lowest BCUT2D eigenvalue weighted by atomic mass is 10.0. The summed E-state index contributed by atoms with van der Waals surface area (Å²) < 4.78 is 5.47. The first-order valence-corrected chi connectivity index (χ1v) is 37.1. The Kier molecular flexibility index (Phi) is 69.4. The highest BCUT2D eigenvalue weighted by atomic mass is 16.5. The van der Waals surface area contributed by atoms with Crippen LogP contribution in [0.1, 0.15) is 418 Å². The van der Waals surface area contributed by atoms with E-state index >= 15 is 0 Å². The summed E-state index contributed by atoms with van der Waals surface area (Å²) in [6.07, 6.45) is 89.9.